The van der Waals surface area contributed by atoms with Gasteiger partial charge in [-0.2, -0.15) is 5.10 Å². The molecule has 2 aromatic heterocycles. The fourth-order valence-corrected chi connectivity index (χ4v) is 4.99. The van der Waals surface area contributed by atoms with Crippen LogP contribution in [-0.2, 0) is 11.3 Å². The van der Waals surface area contributed by atoms with Crippen LogP contribution in [0.25, 0.3) is 0 Å². The van der Waals surface area contributed by atoms with Crippen LogP contribution in [0, 0.1) is 18.6 Å². The summed E-state index contributed by atoms with van der Waals surface area (Å²) in [5, 5.41) is 7.69. The molecule has 9 nitrogen and oxygen atoms in total. The highest BCUT2D eigenvalue weighted by Crippen LogP contribution is 2.29. The number of aryl methyl sites for hydroxylation is 1. The quantitative estimate of drug-likeness (QED) is 0.473. The molecule has 3 aromatic rings. The third kappa shape index (κ3) is 5.83. The minimum Gasteiger partial charge on any atom is -0.494 e. The molecule has 37 heavy (non-hydrogen) atoms. The van der Waals surface area contributed by atoms with Crippen LogP contribution in [-0.4, -0.2) is 64.1 Å². The number of benzene rings is 1. The molecule has 2 saturated heterocycles. The van der Waals surface area contributed by atoms with Crippen molar-refractivity contribution in [3.8, 4) is 11.5 Å². The van der Waals surface area contributed by atoms with Crippen molar-refractivity contribution in [3.63, 3.8) is 0 Å². The van der Waals surface area contributed by atoms with Gasteiger partial charge in [-0.25, -0.2) is 18.7 Å². The Hall–Kier alpha value is -3.31. The fraction of sp³-hybridized carbons (Fsp3) is 0.500. The monoisotopic (exact) mass is 514 g/mol. The maximum absolute atomic E-state index is 14.5. The minimum atomic E-state index is -0.781. The molecule has 5 rings (SSSR count). The summed E-state index contributed by atoms with van der Waals surface area (Å²) in [4.78, 5) is 11.1. The van der Waals surface area contributed by atoms with Gasteiger partial charge in [0.05, 0.1) is 43.0 Å². The number of rotatable bonds is 8. The zero-order chi connectivity index (χ0) is 25.8. The number of piperidine rings is 1. The highest BCUT2D eigenvalue weighted by Gasteiger charge is 2.27. The van der Waals surface area contributed by atoms with Crippen LogP contribution in [0.5, 0.6) is 11.5 Å². The number of aromatic nitrogens is 4. The zero-order valence-corrected chi connectivity index (χ0v) is 21.1. The molecular formula is C26H32F2N6O3. The molecule has 2 aliphatic rings. The van der Waals surface area contributed by atoms with Gasteiger partial charge in [-0.3, -0.25) is 4.68 Å². The summed E-state index contributed by atoms with van der Waals surface area (Å²) in [5.74, 6) is -0.814. The summed E-state index contributed by atoms with van der Waals surface area (Å²) in [5.41, 5.74) is 0.861. The second kappa shape index (κ2) is 11.4. The van der Waals surface area contributed by atoms with Crippen molar-refractivity contribution in [3.05, 3.63) is 53.6 Å². The topological polar surface area (TPSA) is 86.6 Å². The molecule has 1 aromatic carbocycles. The lowest BCUT2D eigenvalue weighted by Crippen LogP contribution is -2.44. The number of ether oxygens (including phenoxy) is 3. The van der Waals surface area contributed by atoms with Crippen molar-refractivity contribution in [2.45, 2.75) is 51.3 Å². The Morgan fingerprint density at radius 3 is 2.46 bits per heavy atom. The SMILES string of the molecule is COc1cc(C)c(F)c(COc2cnc(Nc3cnn(C4CCN(C5CCOCC5)CC4)c3)nc2)c1F. The van der Waals surface area contributed by atoms with Crippen LogP contribution < -0.4 is 14.8 Å². The van der Waals surface area contributed by atoms with E-state index in [2.05, 4.69) is 25.3 Å². The molecule has 0 unspecified atom stereocenters. The first-order valence-electron chi connectivity index (χ1n) is 12.6. The van der Waals surface area contributed by atoms with Gasteiger partial charge in [-0.05, 0) is 44.2 Å². The second-order valence-electron chi connectivity index (χ2n) is 9.48. The Morgan fingerprint density at radius 2 is 1.76 bits per heavy atom. The summed E-state index contributed by atoms with van der Waals surface area (Å²) in [6.07, 6.45) is 11.0. The van der Waals surface area contributed by atoms with E-state index in [0.29, 0.717) is 18.0 Å². The third-order valence-electron chi connectivity index (χ3n) is 7.11. The van der Waals surface area contributed by atoms with E-state index in [4.69, 9.17) is 14.2 Å². The number of likely N-dealkylation sites (tertiary alicyclic amines) is 1. The normalized spacial score (nSPS) is 17.6. The predicted molar refractivity (Wildman–Crippen MR) is 133 cm³/mol. The Bertz CT molecular complexity index is 1190. The van der Waals surface area contributed by atoms with Crippen molar-refractivity contribution >= 4 is 11.6 Å². The minimum absolute atomic E-state index is 0.0290. The van der Waals surface area contributed by atoms with E-state index in [1.54, 1.807) is 13.1 Å². The number of hydrogen-bond donors (Lipinski definition) is 1. The van der Waals surface area contributed by atoms with Crippen LogP contribution in [0.4, 0.5) is 20.4 Å². The maximum Gasteiger partial charge on any atom is 0.227 e. The third-order valence-corrected chi connectivity index (χ3v) is 7.11. The van der Waals surface area contributed by atoms with Crippen molar-refractivity contribution in [2.75, 3.05) is 38.7 Å². The molecule has 4 heterocycles. The Balaban J connectivity index is 1.14. The highest BCUT2D eigenvalue weighted by molar-refractivity contribution is 5.50. The van der Waals surface area contributed by atoms with Crippen LogP contribution in [0.1, 0.15) is 42.9 Å². The van der Waals surface area contributed by atoms with Crippen LogP contribution >= 0.6 is 0 Å². The molecule has 2 aliphatic heterocycles. The maximum atomic E-state index is 14.5. The van der Waals surface area contributed by atoms with Crippen LogP contribution in [0.3, 0.4) is 0 Å². The molecule has 0 spiro atoms. The molecule has 0 atom stereocenters. The van der Waals surface area contributed by atoms with E-state index in [9.17, 15) is 8.78 Å². The first kappa shape index (κ1) is 25.3. The molecule has 198 valence electrons. The average Bonchev–Trinajstić information content (AvgIpc) is 3.40. The summed E-state index contributed by atoms with van der Waals surface area (Å²) in [7, 11) is 1.33. The summed E-state index contributed by atoms with van der Waals surface area (Å²) >= 11 is 0. The Kier molecular flexibility index (Phi) is 7.80. The first-order chi connectivity index (χ1) is 18.0. The average molecular weight is 515 g/mol. The summed E-state index contributed by atoms with van der Waals surface area (Å²) in [6.45, 7) is 5.12. The smallest absolute Gasteiger partial charge is 0.227 e. The van der Waals surface area contributed by atoms with E-state index < -0.39 is 11.6 Å². The van der Waals surface area contributed by atoms with E-state index >= 15 is 0 Å². The summed E-state index contributed by atoms with van der Waals surface area (Å²) < 4.78 is 46.9. The van der Waals surface area contributed by atoms with E-state index in [-0.39, 0.29) is 29.2 Å². The van der Waals surface area contributed by atoms with E-state index in [0.717, 1.165) is 57.7 Å². The standard InChI is InChI=1S/C26H32F2N6O3/c1-17-11-23(35-2)25(28)22(24(17)27)16-37-21-13-29-26(30-14-21)32-18-12-31-34(15-18)20-3-7-33(8-4-20)19-5-9-36-10-6-19/h11-15,19-20H,3-10,16H2,1-2H3,(H,29,30,32). The van der Waals surface area contributed by atoms with Crippen LogP contribution in [0.2, 0.25) is 0 Å². The number of nitrogens with zero attached hydrogens (tertiary/aromatic N) is 5. The number of methoxy groups -OCH3 is 1. The lowest BCUT2D eigenvalue weighted by molar-refractivity contribution is 0.0212. The van der Waals surface area contributed by atoms with Gasteiger partial charge in [-0.15, -0.1) is 0 Å². The second-order valence-corrected chi connectivity index (χ2v) is 9.48. The molecule has 0 aliphatic carbocycles. The van der Waals surface area contributed by atoms with Crippen LogP contribution in [0.15, 0.2) is 30.9 Å². The van der Waals surface area contributed by atoms with Gasteiger partial charge >= 0.3 is 0 Å². The molecule has 0 amide bonds. The number of hydrogen-bond acceptors (Lipinski definition) is 8. The van der Waals surface area contributed by atoms with Gasteiger partial charge in [0.15, 0.2) is 17.3 Å². The largest absolute Gasteiger partial charge is 0.494 e. The van der Waals surface area contributed by atoms with Gasteiger partial charge in [0, 0.05) is 38.5 Å². The summed E-state index contributed by atoms with van der Waals surface area (Å²) in [6, 6.07) is 2.33. The number of anilines is 2. The first-order valence-corrected chi connectivity index (χ1v) is 12.6. The van der Waals surface area contributed by atoms with Crippen molar-refractivity contribution < 1.29 is 23.0 Å². The zero-order valence-electron chi connectivity index (χ0n) is 21.1. The molecular weight excluding hydrogens is 482 g/mol. The predicted octanol–water partition coefficient (Wildman–Crippen LogP) is 4.41. The van der Waals surface area contributed by atoms with Crippen molar-refractivity contribution in [1.29, 1.82) is 0 Å². The Labute approximate surface area is 214 Å². The molecule has 11 heteroatoms. The molecule has 0 saturated carbocycles. The lowest BCUT2D eigenvalue weighted by atomic mass is 10.00. The van der Waals surface area contributed by atoms with Gasteiger partial charge in [0.25, 0.3) is 0 Å². The van der Waals surface area contributed by atoms with Crippen molar-refractivity contribution in [1.82, 2.24) is 24.6 Å². The molecule has 0 radical (unpaired) electrons. The van der Waals surface area contributed by atoms with Crippen molar-refractivity contribution in [2.24, 2.45) is 0 Å². The number of halogens is 2. The molecule has 1 N–H and O–H groups in total. The number of nitrogens with one attached hydrogen (secondary N) is 1. The van der Waals surface area contributed by atoms with Gasteiger partial charge < -0.3 is 24.4 Å². The van der Waals surface area contributed by atoms with Gasteiger partial charge in [0.1, 0.15) is 12.4 Å². The molecule has 0 bridgehead atoms. The fourth-order valence-electron chi connectivity index (χ4n) is 4.99. The van der Waals surface area contributed by atoms with E-state index in [1.165, 1.54) is 25.6 Å². The molecule has 2 fully saturated rings. The van der Waals surface area contributed by atoms with E-state index in [1.807, 2.05) is 10.9 Å². The van der Waals surface area contributed by atoms with Gasteiger partial charge in [-0.1, -0.05) is 0 Å². The highest BCUT2D eigenvalue weighted by atomic mass is 19.1. The Morgan fingerprint density at radius 1 is 1.03 bits per heavy atom. The van der Waals surface area contributed by atoms with Gasteiger partial charge in [0.2, 0.25) is 5.95 Å². The lowest BCUT2D eigenvalue weighted by Gasteiger charge is -2.39.